The maximum absolute atomic E-state index is 12.1. The molecular formula is C22H27ClFN3O2S. The molecule has 162 valence electrons. The van der Waals surface area contributed by atoms with Crippen molar-refractivity contribution >= 4 is 34.7 Å². The molecular weight excluding hydrogens is 425 g/mol. The van der Waals surface area contributed by atoms with Crippen molar-refractivity contribution in [1.82, 2.24) is 9.88 Å². The van der Waals surface area contributed by atoms with Crippen LogP contribution < -0.4 is 0 Å². The minimum absolute atomic E-state index is 0.233. The van der Waals surface area contributed by atoms with Crippen LogP contribution in [0.25, 0.3) is 0 Å². The van der Waals surface area contributed by atoms with Gasteiger partial charge in [-0.3, -0.25) is 4.99 Å². The van der Waals surface area contributed by atoms with Gasteiger partial charge in [-0.1, -0.05) is 38.4 Å². The van der Waals surface area contributed by atoms with Crippen molar-refractivity contribution in [2.24, 2.45) is 10.9 Å². The maximum atomic E-state index is 12.1. The molecule has 0 saturated carbocycles. The molecule has 0 bridgehead atoms. The third kappa shape index (κ3) is 6.12. The summed E-state index contributed by atoms with van der Waals surface area (Å²) in [4.78, 5) is 23.1. The summed E-state index contributed by atoms with van der Waals surface area (Å²) in [6, 6.07) is 5.82. The molecule has 2 aliphatic heterocycles. The summed E-state index contributed by atoms with van der Waals surface area (Å²) >= 11 is 6.98. The molecule has 2 aromatic rings. The molecule has 1 atom stereocenters. The molecule has 1 fully saturated rings. The minimum atomic E-state index is -0.294. The zero-order chi connectivity index (χ0) is 22.1. The second-order valence-electron chi connectivity index (χ2n) is 6.48. The number of halogens is 2. The van der Waals surface area contributed by atoms with Crippen molar-refractivity contribution in [1.29, 1.82) is 0 Å². The van der Waals surface area contributed by atoms with E-state index in [9.17, 15) is 9.18 Å². The molecule has 5 nitrogen and oxygen atoms in total. The number of hydrogen-bond donors (Lipinski definition) is 0. The minimum Gasteiger partial charge on any atom is -0.463 e. The lowest BCUT2D eigenvalue weighted by atomic mass is 10.1. The first kappa shape index (κ1) is 24.0. The van der Waals surface area contributed by atoms with Crippen LogP contribution in [0.5, 0.6) is 0 Å². The summed E-state index contributed by atoms with van der Waals surface area (Å²) in [6.07, 6.45) is 2.69. The van der Waals surface area contributed by atoms with Gasteiger partial charge in [0.05, 0.1) is 18.7 Å². The lowest BCUT2D eigenvalue weighted by molar-refractivity contribution is -0.138. The molecule has 0 spiro atoms. The molecule has 8 heteroatoms. The van der Waals surface area contributed by atoms with Crippen molar-refractivity contribution < 1.29 is 13.9 Å². The number of nitrogens with zero attached hydrogens (tertiary/aromatic N) is 3. The van der Waals surface area contributed by atoms with E-state index in [-0.39, 0.29) is 11.8 Å². The maximum Gasteiger partial charge on any atom is 0.337 e. The normalized spacial score (nSPS) is 17.2. The zero-order valence-electron chi connectivity index (χ0n) is 17.7. The smallest absolute Gasteiger partial charge is 0.337 e. The van der Waals surface area contributed by atoms with Crippen molar-refractivity contribution in [3.63, 3.8) is 0 Å². The lowest BCUT2D eigenvalue weighted by Crippen LogP contribution is -2.34. The molecule has 0 aliphatic carbocycles. The van der Waals surface area contributed by atoms with Gasteiger partial charge in [-0.25, -0.2) is 14.2 Å². The molecule has 1 unspecified atom stereocenters. The molecule has 1 aromatic heterocycles. The highest BCUT2D eigenvalue weighted by molar-refractivity contribution is 7.11. The average molecular weight is 452 g/mol. The van der Waals surface area contributed by atoms with E-state index in [1.54, 1.807) is 29.7 Å². The van der Waals surface area contributed by atoms with E-state index in [4.69, 9.17) is 16.3 Å². The predicted molar refractivity (Wildman–Crippen MR) is 120 cm³/mol. The van der Waals surface area contributed by atoms with Gasteiger partial charge in [0.2, 0.25) is 0 Å². The number of allylic oxidation sites excluding steroid dienone is 1. The molecule has 0 N–H and O–H groups in total. The summed E-state index contributed by atoms with van der Waals surface area (Å²) < 4.78 is 17.2. The Morgan fingerprint density at radius 1 is 1.40 bits per heavy atom. The van der Waals surface area contributed by atoms with E-state index in [1.165, 1.54) is 12.1 Å². The molecule has 0 amide bonds. The first-order chi connectivity index (χ1) is 14.5. The summed E-state index contributed by atoms with van der Waals surface area (Å²) in [6.45, 7) is 9.69. The van der Waals surface area contributed by atoms with Crippen molar-refractivity contribution in [2.45, 2.75) is 34.1 Å². The zero-order valence-corrected chi connectivity index (χ0v) is 19.3. The fourth-order valence-electron chi connectivity index (χ4n) is 3.14. The summed E-state index contributed by atoms with van der Waals surface area (Å²) in [5.41, 5.74) is 1.77. The number of rotatable bonds is 3. The summed E-state index contributed by atoms with van der Waals surface area (Å²) in [7, 11) is 0. The van der Waals surface area contributed by atoms with Gasteiger partial charge >= 0.3 is 5.97 Å². The number of ether oxygens (including phenoxy) is 1. The van der Waals surface area contributed by atoms with Crippen molar-refractivity contribution in [2.75, 3.05) is 19.7 Å². The van der Waals surface area contributed by atoms with Crippen LogP contribution in [0.1, 0.15) is 39.1 Å². The number of aliphatic imine (C=N–C) groups is 1. The van der Waals surface area contributed by atoms with Crippen LogP contribution in [0.2, 0.25) is 5.02 Å². The topological polar surface area (TPSA) is 54.8 Å². The Hall–Kier alpha value is -2.25. The SMILES string of the molecule is CC.CCOC(=O)C1=C2CC(C)CN2C(c2nccs2)=NC1.Fc1cccc(Cl)c1. The van der Waals surface area contributed by atoms with Crippen LogP contribution in [-0.2, 0) is 9.53 Å². The van der Waals surface area contributed by atoms with Crippen LogP contribution in [0, 0.1) is 11.7 Å². The Morgan fingerprint density at radius 2 is 2.17 bits per heavy atom. The Bertz CT molecular complexity index is 882. The second-order valence-corrected chi connectivity index (χ2v) is 7.81. The fourth-order valence-corrected chi connectivity index (χ4v) is 3.96. The van der Waals surface area contributed by atoms with Gasteiger partial charge in [-0.05, 0) is 37.5 Å². The number of thiazole rings is 1. The third-order valence-electron chi connectivity index (χ3n) is 4.28. The van der Waals surface area contributed by atoms with Crippen LogP contribution in [0.15, 0.2) is 52.1 Å². The Morgan fingerprint density at radius 3 is 2.73 bits per heavy atom. The number of hydrogen-bond acceptors (Lipinski definition) is 6. The monoisotopic (exact) mass is 451 g/mol. The van der Waals surface area contributed by atoms with Gasteiger partial charge in [-0.15, -0.1) is 11.3 Å². The highest BCUT2D eigenvalue weighted by Crippen LogP contribution is 2.34. The Labute approximate surface area is 186 Å². The number of esters is 1. The number of carbonyl (C=O) groups excluding carboxylic acids is 1. The first-order valence-corrected chi connectivity index (χ1v) is 11.3. The highest BCUT2D eigenvalue weighted by Gasteiger charge is 2.35. The first-order valence-electron chi connectivity index (χ1n) is 10.0. The average Bonchev–Trinajstić information content (AvgIpc) is 3.38. The van der Waals surface area contributed by atoms with Gasteiger partial charge < -0.3 is 9.64 Å². The van der Waals surface area contributed by atoms with Gasteiger partial charge in [0.25, 0.3) is 0 Å². The van der Waals surface area contributed by atoms with Crippen molar-refractivity contribution in [3.8, 4) is 0 Å². The molecule has 1 saturated heterocycles. The Balaban J connectivity index is 0.000000269. The van der Waals surface area contributed by atoms with E-state index >= 15 is 0 Å². The number of benzene rings is 1. The highest BCUT2D eigenvalue weighted by atomic mass is 35.5. The van der Waals surface area contributed by atoms with Gasteiger partial charge in [0.15, 0.2) is 10.8 Å². The van der Waals surface area contributed by atoms with Crippen LogP contribution in [-0.4, -0.2) is 41.4 Å². The van der Waals surface area contributed by atoms with Gasteiger partial charge in [-0.2, -0.15) is 0 Å². The molecule has 1 aromatic carbocycles. The molecule has 2 aliphatic rings. The van der Waals surface area contributed by atoms with Crippen molar-refractivity contribution in [3.05, 3.63) is 63.0 Å². The quantitative estimate of drug-likeness (QED) is 0.572. The fraction of sp³-hybridized carbons (Fsp3) is 0.409. The number of aromatic nitrogens is 1. The number of amidine groups is 1. The third-order valence-corrected chi connectivity index (χ3v) is 5.29. The largest absolute Gasteiger partial charge is 0.463 e. The summed E-state index contributed by atoms with van der Waals surface area (Å²) in [5, 5.41) is 3.30. The number of carbonyl (C=O) groups is 1. The summed E-state index contributed by atoms with van der Waals surface area (Å²) in [5.74, 6) is 0.881. The standard InChI is InChI=1S/C14H17N3O2S.C6H4ClF.C2H6/c1-3-19-14(18)10-7-16-12(13-15-4-5-20-13)17-8-9(2)6-11(10)17;7-5-2-1-3-6(8)4-5;1-2/h4-5,9H,3,6-8H2,1-2H3;1-4H;1-2H3. The van der Waals surface area contributed by atoms with Crippen LogP contribution in [0.4, 0.5) is 4.39 Å². The lowest BCUT2D eigenvalue weighted by Gasteiger charge is -2.26. The van der Waals surface area contributed by atoms with Crippen LogP contribution >= 0.6 is 22.9 Å². The van der Waals surface area contributed by atoms with Gasteiger partial charge in [0, 0.05) is 28.8 Å². The van der Waals surface area contributed by atoms with E-state index in [1.807, 2.05) is 26.2 Å². The van der Waals surface area contributed by atoms with E-state index in [0.29, 0.717) is 29.7 Å². The molecule has 3 heterocycles. The second kappa shape index (κ2) is 11.8. The molecule has 0 radical (unpaired) electrons. The Kier molecular flexibility index (Phi) is 9.46. The van der Waals surface area contributed by atoms with E-state index in [0.717, 1.165) is 29.5 Å². The van der Waals surface area contributed by atoms with E-state index in [2.05, 4.69) is 21.8 Å². The molecule has 30 heavy (non-hydrogen) atoms. The predicted octanol–water partition coefficient (Wildman–Crippen LogP) is 5.57. The van der Waals surface area contributed by atoms with Gasteiger partial charge in [0.1, 0.15) is 5.82 Å². The molecule has 4 rings (SSSR count). The van der Waals surface area contributed by atoms with Crippen LogP contribution in [0.3, 0.4) is 0 Å². The van der Waals surface area contributed by atoms with E-state index < -0.39 is 0 Å². The number of fused-ring (bicyclic) bond motifs is 1.